The zero-order chi connectivity index (χ0) is 15.0. The number of rotatable bonds is 3. The third-order valence-corrected chi connectivity index (χ3v) is 3.57. The van der Waals surface area contributed by atoms with Crippen LogP contribution in [0.3, 0.4) is 0 Å². The first kappa shape index (κ1) is 13.7. The lowest BCUT2D eigenvalue weighted by Gasteiger charge is -2.14. The standard InChI is InChI=1S/C16H13F2NO2/c17-14-3-10(4-15(18)6-14)7-19-8-12-2-1-11(16(20)21)5-13(12)9-19/h1-6H,7-9H2,(H,20,21). The Morgan fingerprint density at radius 1 is 1.05 bits per heavy atom. The highest BCUT2D eigenvalue weighted by Gasteiger charge is 2.20. The summed E-state index contributed by atoms with van der Waals surface area (Å²) in [6, 6.07) is 8.51. The van der Waals surface area contributed by atoms with E-state index in [1.807, 2.05) is 4.90 Å². The molecule has 1 N–H and O–H groups in total. The lowest BCUT2D eigenvalue weighted by atomic mass is 10.1. The van der Waals surface area contributed by atoms with Gasteiger partial charge in [0.05, 0.1) is 5.56 Å². The normalized spacial score (nSPS) is 14.2. The molecule has 0 saturated heterocycles. The number of hydrogen-bond acceptors (Lipinski definition) is 2. The van der Waals surface area contributed by atoms with Crippen molar-refractivity contribution >= 4 is 5.97 Å². The van der Waals surface area contributed by atoms with Gasteiger partial charge < -0.3 is 5.11 Å². The molecule has 2 aromatic rings. The highest BCUT2D eigenvalue weighted by atomic mass is 19.1. The maximum Gasteiger partial charge on any atom is 0.335 e. The average Bonchev–Trinajstić information content (AvgIpc) is 2.78. The number of carboxylic acids is 1. The van der Waals surface area contributed by atoms with Crippen LogP contribution in [0.2, 0.25) is 0 Å². The first-order valence-electron chi connectivity index (χ1n) is 6.54. The Morgan fingerprint density at radius 2 is 1.71 bits per heavy atom. The quantitative estimate of drug-likeness (QED) is 0.943. The summed E-state index contributed by atoms with van der Waals surface area (Å²) in [5.41, 5.74) is 2.83. The minimum atomic E-state index is -0.955. The van der Waals surface area contributed by atoms with Crippen molar-refractivity contribution in [2.75, 3.05) is 0 Å². The molecule has 2 aromatic carbocycles. The van der Waals surface area contributed by atoms with E-state index < -0.39 is 17.6 Å². The highest BCUT2D eigenvalue weighted by molar-refractivity contribution is 5.87. The predicted octanol–water partition coefficient (Wildman–Crippen LogP) is 3.18. The molecule has 0 amide bonds. The summed E-state index contributed by atoms with van der Waals surface area (Å²) in [5.74, 6) is -2.13. The third kappa shape index (κ3) is 2.92. The summed E-state index contributed by atoms with van der Waals surface area (Å²) < 4.78 is 26.4. The van der Waals surface area contributed by atoms with Gasteiger partial charge in [-0.2, -0.15) is 0 Å². The van der Waals surface area contributed by atoms with E-state index in [4.69, 9.17) is 5.11 Å². The lowest BCUT2D eigenvalue weighted by molar-refractivity contribution is 0.0696. The van der Waals surface area contributed by atoms with Crippen molar-refractivity contribution in [1.82, 2.24) is 4.90 Å². The van der Waals surface area contributed by atoms with E-state index in [0.29, 0.717) is 25.2 Å². The van der Waals surface area contributed by atoms with Crippen LogP contribution in [0, 0.1) is 11.6 Å². The van der Waals surface area contributed by atoms with Gasteiger partial charge in [-0.05, 0) is 41.0 Å². The largest absolute Gasteiger partial charge is 0.478 e. The number of halogens is 2. The maximum absolute atomic E-state index is 13.2. The fourth-order valence-corrected chi connectivity index (χ4v) is 2.67. The molecule has 0 fully saturated rings. The third-order valence-electron chi connectivity index (χ3n) is 3.57. The molecule has 0 bridgehead atoms. The number of aromatic carboxylic acids is 1. The van der Waals surface area contributed by atoms with E-state index >= 15 is 0 Å². The fourth-order valence-electron chi connectivity index (χ4n) is 2.67. The number of benzene rings is 2. The summed E-state index contributed by atoms with van der Waals surface area (Å²) in [4.78, 5) is 13.0. The molecule has 0 atom stereocenters. The van der Waals surface area contributed by atoms with Crippen LogP contribution in [0.15, 0.2) is 36.4 Å². The second-order valence-electron chi connectivity index (χ2n) is 5.21. The van der Waals surface area contributed by atoms with Crippen LogP contribution in [-0.2, 0) is 19.6 Å². The molecule has 108 valence electrons. The summed E-state index contributed by atoms with van der Waals surface area (Å²) >= 11 is 0. The first-order valence-corrected chi connectivity index (χ1v) is 6.54. The van der Waals surface area contributed by atoms with Gasteiger partial charge in [-0.25, -0.2) is 13.6 Å². The van der Waals surface area contributed by atoms with Crippen molar-refractivity contribution in [3.05, 3.63) is 70.3 Å². The Balaban J connectivity index is 1.77. The van der Waals surface area contributed by atoms with Crippen molar-refractivity contribution in [3.8, 4) is 0 Å². The van der Waals surface area contributed by atoms with E-state index in [-0.39, 0.29) is 5.56 Å². The summed E-state index contributed by atoms with van der Waals surface area (Å²) in [7, 11) is 0. The molecular formula is C16H13F2NO2. The van der Waals surface area contributed by atoms with Crippen LogP contribution in [0.25, 0.3) is 0 Å². The van der Waals surface area contributed by atoms with Gasteiger partial charge in [-0.15, -0.1) is 0 Å². The number of carbonyl (C=O) groups is 1. The lowest BCUT2D eigenvalue weighted by Crippen LogP contribution is -2.15. The summed E-state index contributed by atoms with van der Waals surface area (Å²) in [6.45, 7) is 1.65. The molecule has 0 saturated carbocycles. The monoisotopic (exact) mass is 289 g/mol. The molecule has 1 aliphatic heterocycles. The van der Waals surface area contributed by atoms with E-state index in [1.54, 1.807) is 18.2 Å². The van der Waals surface area contributed by atoms with Gasteiger partial charge in [0.1, 0.15) is 11.6 Å². The van der Waals surface area contributed by atoms with Crippen molar-refractivity contribution in [2.45, 2.75) is 19.6 Å². The minimum absolute atomic E-state index is 0.257. The number of fused-ring (bicyclic) bond motifs is 1. The smallest absolute Gasteiger partial charge is 0.335 e. The topological polar surface area (TPSA) is 40.5 Å². The van der Waals surface area contributed by atoms with Gasteiger partial charge in [-0.3, -0.25) is 4.90 Å². The van der Waals surface area contributed by atoms with E-state index in [1.165, 1.54) is 12.1 Å². The van der Waals surface area contributed by atoms with Gasteiger partial charge in [-0.1, -0.05) is 6.07 Å². The molecular weight excluding hydrogens is 276 g/mol. The molecule has 0 unspecified atom stereocenters. The molecule has 0 radical (unpaired) electrons. The Hall–Kier alpha value is -2.27. The molecule has 5 heteroatoms. The number of hydrogen-bond donors (Lipinski definition) is 1. The van der Waals surface area contributed by atoms with Crippen molar-refractivity contribution in [2.24, 2.45) is 0 Å². The predicted molar refractivity (Wildman–Crippen MR) is 72.7 cm³/mol. The van der Waals surface area contributed by atoms with Gasteiger partial charge in [0.25, 0.3) is 0 Å². The Morgan fingerprint density at radius 3 is 2.38 bits per heavy atom. The van der Waals surface area contributed by atoms with Gasteiger partial charge >= 0.3 is 5.97 Å². The molecule has 3 rings (SSSR count). The van der Waals surface area contributed by atoms with Crippen LogP contribution in [-0.4, -0.2) is 16.0 Å². The first-order chi connectivity index (χ1) is 10.0. The molecule has 0 aromatic heterocycles. The summed E-state index contributed by atoms with van der Waals surface area (Å²) in [6.07, 6.45) is 0. The van der Waals surface area contributed by atoms with Crippen LogP contribution in [0.4, 0.5) is 8.78 Å². The van der Waals surface area contributed by atoms with Crippen molar-refractivity contribution in [1.29, 1.82) is 0 Å². The Kier molecular flexibility index (Phi) is 3.43. The number of nitrogens with zero attached hydrogens (tertiary/aromatic N) is 1. The van der Waals surface area contributed by atoms with Crippen LogP contribution < -0.4 is 0 Å². The minimum Gasteiger partial charge on any atom is -0.478 e. The molecule has 0 spiro atoms. The van der Waals surface area contributed by atoms with Gasteiger partial charge in [0.2, 0.25) is 0 Å². The fraction of sp³-hybridized carbons (Fsp3) is 0.188. The number of carboxylic acid groups (broad SMARTS) is 1. The van der Waals surface area contributed by atoms with Crippen LogP contribution in [0.1, 0.15) is 27.0 Å². The van der Waals surface area contributed by atoms with Crippen molar-refractivity contribution < 1.29 is 18.7 Å². The Bertz CT molecular complexity index is 695. The maximum atomic E-state index is 13.2. The van der Waals surface area contributed by atoms with Crippen LogP contribution in [0.5, 0.6) is 0 Å². The zero-order valence-electron chi connectivity index (χ0n) is 11.1. The Labute approximate surface area is 120 Å². The van der Waals surface area contributed by atoms with Crippen molar-refractivity contribution in [3.63, 3.8) is 0 Å². The van der Waals surface area contributed by atoms with E-state index in [0.717, 1.165) is 17.2 Å². The molecule has 0 aliphatic carbocycles. The highest BCUT2D eigenvalue weighted by Crippen LogP contribution is 2.25. The second-order valence-corrected chi connectivity index (χ2v) is 5.21. The summed E-state index contributed by atoms with van der Waals surface area (Å²) in [5, 5.41) is 8.98. The molecule has 1 aliphatic rings. The second kappa shape index (κ2) is 5.26. The van der Waals surface area contributed by atoms with Gasteiger partial charge in [0, 0.05) is 25.7 Å². The molecule has 21 heavy (non-hydrogen) atoms. The van der Waals surface area contributed by atoms with Gasteiger partial charge in [0.15, 0.2) is 0 Å². The molecule has 1 heterocycles. The van der Waals surface area contributed by atoms with E-state index in [2.05, 4.69) is 0 Å². The van der Waals surface area contributed by atoms with Crippen LogP contribution >= 0.6 is 0 Å². The SMILES string of the molecule is O=C(O)c1ccc2c(c1)CN(Cc1cc(F)cc(F)c1)C2. The molecule has 3 nitrogen and oxygen atoms in total. The average molecular weight is 289 g/mol. The zero-order valence-corrected chi connectivity index (χ0v) is 11.1. The van der Waals surface area contributed by atoms with E-state index in [9.17, 15) is 13.6 Å².